The highest BCUT2D eigenvalue weighted by Gasteiger charge is 2.33. The number of alkyl halides is 1. The summed E-state index contributed by atoms with van der Waals surface area (Å²) in [5.41, 5.74) is 3.32. The predicted molar refractivity (Wildman–Crippen MR) is 82.2 cm³/mol. The smallest absolute Gasteiger partial charge is 0.0231 e. The molecule has 0 aliphatic heterocycles. The van der Waals surface area contributed by atoms with Gasteiger partial charge in [-0.1, -0.05) is 58.6 Å². The van der Waals surface area contributed by atoms with Gasteiger partial charge in [0.15, 0.2) is 0 Å². The van der Waals surface area contributed by atoms with Crippen LogP contribution in [0.25, 0.3) is 0 Å². The molecule has 0 bridgehead atoms. The fraction of sp³-hybridized carbons (Fsp3) is 0.625. The van der Waals surface area contributed by atoms with Crippen LogP contribution < -0.4 is 0 Å². The second kappa shape index (κ2) is 6.21. The number of hydrogen-bond acceptors (Lipinski definition) is 1. The van der Waals surface area contributed by atoms with Gasteiger partial charge < -0.3 is 4.90 Å². The summed E-state index contributed by atoms with van der Waals surface area (Å²) >= 11 is 3.73. The molecule has 0 saturated heterocycles. The lowest BCUT2D eigenvalue weighted by Crippen LogP contribution is -2.34. The maximum atomic E-state index is 3.73. The van der Waals surface area contributed by atoms with Gasteiger partial charge in [0.2, 0.25) is 0 Å². The first kappa shape index (κ1) is 14.1. The quantitative estimate of drug-likeness (QED) is 0.729. The maximum absolute atomic E-state index is 3.73. The lowest BCUT2D eigenvalue weighted by molar-refractivity contribution is 0.196. The number of halogens is 1. The monoisotopic (exact) mass is 309 g/mol. The van der Waals surface area contributed by atoms with Gasteiger partial charge in [0.25, 0.3) is 0 Å². The zero-order valence-electron chi connectivity index (χ0n) is 11.6. The molecule has 2 rings (SSSR count). The van der Waals surface area contributed by atoms with Crippen molar-refractivity contribution in [3.05, 3.63) is 35.4 Å². The average molecular weight is 310 g/mol. The van der Waals surface area contributed by atoms with Gasteiger partial charge in [0, 0.05) is 18.4 Å². The Balaban J connectivity index is 1.93. The molecular weight excluding hydrogens is 286 g/mol. The molecule has 1 fully saturated rings. The summed E-state index contributed by atoms with van der Waals surface area (Å²) in [5.74, 6) is 0. The van der Waals surface area contributed by atoms with Crippen molar-refractivity contribution in [2.24, 2.45) is 5.41 Å². The van der Waals surface area contributed by atoms with E-state index in [2.05, 4.69) is 59.1 Å². The molecule has 1 aromatic rings. The second-order valence-corrected chi connectivity index (χ2v) is 6.56. The zero-order chi connectivity index (χ0) is 13.0. The van der Waals surface area contributed by atoms with E-state index >= 15 is 0 Å². The van der Waals surface area contributed by atoms with E-state index in [0.29, 0.717) is 5.41 Å². The van der Waals surface area contributed by atoms with Crippen molar-refractivity contribution in [1.29, 1.82) is 0 Å². The first-order valence-electron chi connectivity index (χ1n) is 6.94. The fourth-order valence-electron chi connectivity index (χ4n) is 3.21. The lowest BCUT2D eigenvalue weighted by atomic mass is 9.88. The minimum Gasteiger partial charge on any atom is -0.302 e. The third-order valence-corrected chi connectivity index (χ3v) is 5.28. The molecule has 1 aliphatic carbocycles. The Morgan fingerprint density at radius 1 is 1.28 bits per heavy atom. The molecule has 0 N–H and O–H groups in total. The van der Waals surface area contributed by atoms with Gasteiger partial charge >= 0.3 is 0 Å². The first-order chi connectivity index (χ1) is 8.63. The van der Waals surface area contributed by atoms with Crippen molar-refractivity contribution < 1.29 is 0 Å². The highest BCUT2D eigenvalue weighted by molar-refractivity contribution is 9.09. The number of benzene rings is 1. The Hall–Kier alpha value is -0.340. The van der Waals surface area contributed by atoms with Crippen LogP contribution in [-0.4, -0.2) is 23.8 Å². The van der Waals surface area contributed by atoms with E-state index in [4.69, 9.17) is 0 Å². The number of nitrogens with zero attached hydrogens (tertiary/aromatic N) is 1. The molecule has 100 valence electrons. The topological polar surface area (TPSA) is 3.24 Å². The summed E-state index contributed by atoms with van der Waals surface area (Å²) in [5, 5.41) is 1.15. The maximum Gasteiger partial charge on any atom is 0.0231 e. The minimum absolute atomic E-state index is 0.526. The summed E-state index contributed by atoms with van der Waals surface area (Å²) in [6.07, 6.45) is 5.58. The Morgan fingerprint density at radius 3 is 2.61 bits per heavy atom. The summed E-state index contributed by atoms with van der Waals surface area (Å²) in [4.78, 5) is 2.49. The van der Waals surface area contributed by atoms with Crippen molar-refractivity contribution in [2.45, 2.75) is 39.2 Å². The predicted octanol–water partition coefficient (Wildman–Crippen LogP) is 4.38. The molecule has 18 heavy (non-hydrogen) atoms. The first-order valence-corrected chi connectivity index (χ1v) is 8.06. The van der Waals surface area contributed by atoms with Gasteiger partial charge in [-0.2, -0.15) is 0 Å². The van der Waals surface area contributed by atoms with Crippen LogP contribution >= 0.6 is 15.9 Å². The highest BCUT2D eigenvalue weighted by Crippen LogP contribution is 2.40. The Bertz CT molecular complexity index is 382. The molecule has 1 saturated carbocycles. The van der Waals surface area contributed by atoms with Crippen molar-refractivity contribution in [2.75, 3.05) is 18.9 Å². The minimum atomic E-state index is 0.526. The molecule has 0 unspecified atom stereocenters. The van der Waals surface area contributed by atoms with E-state index < -0.39 is 0 Å². The molecular formula is C16H24BrN. The van der Waals surface area contributed by atoms with Gasteiger partial charge in [-0.05, 0) is 37.8 Å². The van der Waals surface area contributed by atoms with Crippen LogP contribution in [-0.2, 0) is 6.54 Å². The SMILES string of the molecule is Cc1cccc(CN(C)CC2(CBr)CCCC2)c1. The Kier molecular flexibility index (Phi) is 4.85. The Morgan fingerprint density at radius 2 is 2.00 bits per heavy atom. The molecule has 1 nitrogen and oxygen atoms in total. The number of aryl methyl sites for hydroxylation is 1. The molecule has 0 radical (unpaired) electrons. The summed E-state index contributed by atoms with van der Waals surface area (Å²) in [7, 11) is 2.26. The van der Waals surface area contributed by atoms with E-state index in [0.717, 1.165) is 11.9 Å². The van der Waals surface area contributed by atoms with E-state index in [-0.39, 0.29) is 0 Å². The standard InChI is InChI=1S/C16H24BrN/c1-14-6-5-7-15(10-14)11-18(2)13-16(12-17)8-3-4-9-16/h5-7,10H,3-4,8-9,11-13H2,1-2H3. The van der Waals surface area contributed by atoms with E-state index in [1.54, 1.807) is 0 Å². The third kappa shape index (κ3) is 3.58. The number of hydrogen-bond donors (Lipinski definition) is 0. The molecule has 0 heterocycles. The molecule has 0 spiro atoms. The van der Waals surface area contributed by atoms with Gasteiger partial charge in [0.1, 0.15) is 0 Å². The van der Waals surface area contributed by atoms with Crippen molar-refractivity contribution >= 4 is 15.9 Å². The summed E-state index contributed by atoms with van der Waals surface area (Å²) in [6.45, 7) is 4.45. The molecule has 0 atom stereocenters. The molecule has 0 aromatic heterocycles. The lowest BCUT2D eigenvalue weighted by Gasteiger charge is -2.32. The van der Waals surface area contributed by atoms with Gasteiger partial charge in [-0.3, -0.25) is 0 Å². The largest absolute Gasteiger partial charge is 0.302 e. The van der Waals surface area contributed by atoms with Crippen LogP contribution in [0.1, 0.15) is 36.8 Å². The van der Waals surface area contributed by atoms with E-state index in [1.165, 1.54) is 43.4 Å². The molecule has 2 heteroatoms. The summed E-state index contributed by atoms with van der Waals surface area (Å²) in [6, 6.07) is 8.86. The van der Waals surface area contributed by atoms with E-state index in [1.807, 2.05) is 0 Å². The van der Waals surface area contributed by atoms with E-state index in [9.17, 15) is 0 Å². The summed E-state index contributed by atoms with van der Waals surface area (Å²) < 4.78 is 0. The molecule has 0 amide bonds. The van der Waals surface area contributed by atoms with Gasteiger partial charge in [-0.25, -0.2) is 0 Å². The second-order valence-electron chi connectivity index (χ2n) is 6.00. The number of rotatable bonds is 5. The molecule has 1 aliphatic rings. The van der Waals surface area contributed by atoms with Crippen LogP contribution in [0.2, 0.25) is 0 Å². The van der Waals surface area contributed by atoms with Crippen molar-refractivity contribution in [1.82, 2.24) is 4.90 Å². The zero-order valence-corrected chi connectivity index (χ0v) is 13.2. The third-order valence-electron chi connectivity index (χ3n) is 4.09. The van der Waals surface area contributed by atoms with Crippen molar-refractivity contribution in [3.63, 3.8) is 0 Å². The van der Waals surface area contributed by atoms with Crippen molar-refractivity contribution in [3.8, 4) is 0 Å². The van der Waals surface area contributed by atoms with Crippen LogP contribution in [0.4, 0.5) is 0 Å². The normalized spacial score (nSPS) is 18.4. The van der Waals surface area contributed by atoms with Crippen LogP contribution in [0.15, 0.2) is 24.3 Å². The van der Waals surface area contributed by atoms with Gasteiger partial charge in [0.05, 0.1) is 0 Å². The van der Waals surface area contributed by atoms with Crippen LogP contribution in [0, 0.1) is 12.3 Å². The average Bonchev–Trinajstić information content (AvgIpc) is 2.78. The highest BCUT2D eigenvalue weighted by atomic mass is 79.9. The Labute approximate surface area is 120 Å². The molecule has 1 aromatic carbocycles. The van der Waals surface area contributed by atoms with Crippen LogP contribution in [0.3, 0.4) is 0 Å². The van der Waals surface area contributed by atoms with Gasteiger partial charge in [-0.15, -0.1) is 0 Å². The fourth-order valence-corrected chi connectivity index (χ4v) is 3.95. The van der Waals surface area contributed by atoms with Crippen LogP contribution in [0.5, 0.6) is 0 Å².